The van der Waals surface area contributed by atoms with Crippen LogP contribution in [0.2, 0.25) is 0 Å². The van der Waals surface area contributed by atoms with Crippen molar-refractivity contribution in [2.45, 2.75) is 49.9 Å². The number of hydrogen-bond donors (Lipinski definition) is 2. The number of aliphatic hydroxyl groups is 1. The van der Waals surface area contributed by atoms with E-state index in [0.717, 1.165) is 25.7 Å². The van der Waals surface area contributed by atoms with E-state index < -0.39 is 0 Å². The smallest absolute Gasteiger partial charge is 0.241 e. The molecule has 5 atom stereocenters. The van der Waals surface area contributed by atoms with E-state index in [4.69, 9.17) is 5.26 Å². The van der Waals surface area contributed by atoms with Crippen molar-refractivity contribution in [3.05, 3.63) is 0 Å². The zero-order valence-electron chi connectivity index (χ0n) is 10.1. The van der Waals surface area contributed by atoms with Crippen molar-refractivity contribution in [2.75, 3.05) is 6.54 Å². The van der Waals surface area contributed by atoms with Gasteiger partial charge in [-0.1, -0.05) is 0 Å². The summed E-state index contributed by atoms with van der Waals surface area (Å²) in [4.78, 5) is 14.1. The van der Waals surface area contributed by atoms with E-state index in [1.54, 1.807) is 4.90 Å². The van der Waals surface area contributed by atoms with Crippen LogP contribution in [-0.2, 0) is 4.79 Å². The molecule has 2 heterocycles. The fraction of sp³-hybridized carbons (Fsp3) is 0.833. The van der Waals surface area contributed by atoms with Gasteiger partial charge in [-0.2, -0.15) is 5.26 Å². The van der Waals surface area contributed by atoms with Crippen LogP contribution in [0.15, 0.2) is 0 Å². The lowest BCUT2D eigenvalue weighted by Gasteiger charge is -2.30. The number of likely N-dealkylation sites (tertiary alicyclic amines) is 1. The van der Waals surface area contributed by atoms with Crippen LogP contribution in [-0.4, -0.2) is 46.7 Å². The van der Waals surface area contributed by atoms with Gasteiger partial charge in [0, 0.05) is 12.6 Å². The van der Waals surface area contributed by atoms with Gasteiger partial charge < -0.3 is 15.3 Å². The minimum atomic E-state index is -0.297. The number of fused-ring (bicyclic) bond motifs is 2. The monoisotopic (exact) mass is 271 g/mol. The summed E-state index contributed by atoms with van der Waals surface area (Å²) in [6.45, 7) is 0.704. The zero-order valence-corrected chi connectivity index (χ0v) is 10.9. The van der Waals surface area contributed by atoms with Gasteiger partial charge in [0.1, 0.15) is 6.04 Å². The molecule has 3 fully saturated rings. The van der Waals surface area contributed by atoms with Crippen molar-refractivity contribution in [3.63, 3.8) is 0 Å². The Morgan fingerprint density at radius 2 is 2.22 bits per heavy atom. The summed E-state index contributed by atoms with van der Waals surface area (Å²) in [5.74, 6) is 0.316. The van der Waals surface area contributed by atoms with Gasteiger partial charge >= 0.3 is 0 Å². The highest BCUT2D eigenvalue weighted by Crippen LogP contribution is 2.37. The van der Waals surface area contributed by atoms with E-state index in [9.17, 15) is 9.90 Å². The number of nitrogens with zero attached hydrogens (tertiary/aromatic N) is 2. The number of rotatable bonds is 1. The zero-order chi connectivity index (χ0) is 12.0. The average Bonchev–Trinajstić information content (AvgIpc) is 3.01. The van der Waals surface area contributed by atoms with Gasteiger partial charge in [-0.25, -0.2) is 0 Å². The summed E-state index contributed by atoms with van der Waals surface area (Å²) < 4.78 is 0. The minimum Gasteiger partial charge on any atom is -0.391 e. The third kappa shape index (κ3) is 1.99. The molecule has 0 spiro atoms. The quantitative estimate of drug-likeness (QED) is 0.706. The third-order valence-corrected chi connectivity index (χ3v) is 4.38. The minimum absolute atomic E-state index is 0. The number of carbonyl (C=O) groups excluding carboxylic acids is 1. The first-order chi connectivity index (χ1) is 8.20. The first-order valence-corrected chi connectivity index (χ1v) is 6.35. The van der Waals surface area contributed by atoms with E-state index in [1.165, 1.54) is 0 Å². The van der Waals surface area contributed by atoms with Crippen molar-refractivity contribution in [1.29, 1.82) is 5.26 Å². The van der Waals surface area contributed by atoms with Crippen LogP contribution in [0.5, 0.6) is 0 Å². The second-order valence-electron chi connectivity index (χ2n) is 5.37. The number of carbonyl (C=O) groups is 1. The summed E-state index contributed by atoms with van der Waals surface area (Å²) in [6.07, 6.45) is 3.04. The fourth-order valence-corrected chi connectivity index (χ4v) is 3.49. The predicted octanol–water partition coefficient (Wildman–Crippen LogP) is 0.0341. The Morgan fingerprint density at radius 3 is 2.78 bits per heavy atom. The van der Waals surface area contributed by atoms with Crippen molar-refractivity contribution >= 4 is 18.3 Å². The third-order valence-electron chi connectivity index (χ3n) is 4.38. The lowest BCUT2D eigenvalue weighted by molar-refractivity contribution is -0.134. The normalized spacial score (nSPS) is 41.6. The maximum Gasteiger partial charge on any atom is 0.241 e. The maximum absolute atomic E-state index is 12.3. The highest BCUT2D eigenvalue weighted by atomic mass is 35.5. The number of nitrogens with one attached hydrogen (secondary N) is 1. The van der Waals surface area contributed by atoms with Gasteiger partial charge in [-0.05, 0) is 31.6 Å². The molecule has 0 radical (unpaired) electrons. The van der Waals surface area contributed by atoms with Gasteiger partial charge in [-0.3, -0.25) is 4.79 Å². The molecule has 2 N–H and O–H groups in total. The summed E-state index contributed by atoms with van der Waals surface area (Å²) in [5, 5.41) is 21.9. The molecule has 6 heteroatoms. The topological polar surface area (TPSA) is 76.4 Å². The van der Waals surface area contributed by atoms with E-state index in [0.29, 0.717) is 6.54 Å². The van der Waals surface area contributed by atoms with Crippen LogP contribution in [0.4, 0.5) is 0 Å². The number of piperidine rings is 1. The number of halogens is 1. The molecule has 3 rings (SSSR count). The first-order valence-electron chi connectivity index (χ1n) is 6.35. The van der Waals surface area contributed by atoms with Crippen molar-refractivity contribution in [2.24, 2.45) is 5.92 Å². The van der Waals surface area contributed by atoms with Gasteiger partial charge in [0.05, 0.1) is 18.2 Å². The largest absolute Gasteiger partial charge is 0.391 e. The van der Waals surface area contributed by atoms with E-state index in [1.807, 2.05) is 0 Å². The van der Waals surface area contributed by atoms with Gasteiger partial charge in [-0.15, -0.1) is 12.4 Å². The highest BCUT2D eigenvalue weighted by molar-refractivity contribution is 5.85. The highest BCUT2D eigenvalue weighted by Gasteiger charge is 2.49. The Kier molecular flexibility index (Phi) is 3.81. The van der Waals surface area contributed by atoms with Crippen molar-refractivity contribution < 1.29 is 9.90 Å². The molecule has 2 bridgehead atoms. The predicted molar refractivity (Wildman–Crippen MR) is 67.0 cm³/mol. The Morgan fingerprint density at radius 1 is 1.44 bits per heavy atom. The molecule has 0 aromatic heterocycles. The molecule has 3 aliphatic rings. The van der Waals surface area contributed by atoms with Crippen molar-refractivity contribution in [1.82, 2.24) is 10.2 Å². The Bertz CT molecular complexity index is 382. The number of nitriles is 1. The van der Waals surface area contributed by atoms with E-state index in [-0.39, 0.29) is 48.5 Å². The van der Waals surface area contributed by atoms with Crippen LogP contribution < -0.4 is 5.32 Å². The molecule has 0 unspecified atom stereocenters. The second-order valence-corrected chi connectivity index (χ2v) is 5.37. The fourth-order valence-electron chi connectivity index (χ4n) is 3.49. The molecular formula is C12H18ClN3O2. The SMILES string of the molecule is Cl.N#C[C@@H]1CCCN1C(=O)[C@H]1N[C@@H]2C[C@H]1C[C@H]2O. The number of amides is 1. The summed E-state index contributed by atoms with van der Waals surface area (Å²) in [5.41, 5.74) is 0. The Labute approximate surface area is 113 Å². The lowest BCUT2D eigenvalue weighted by Crippen LogP contribution is -2.53. The molecule has 2 aliphatic heterocycles. The number of aliphatic hydroxyl groups excluding tert-OH is 1. The van der Waals surface area contributed by atoms with Crippen LogP contribution in [0, 0.1) is 17.2 Å². The molecule has 0 aromatic rings. The van der Waals surface area contributed by atoms with Crippen LogP contribution in [0.3, 0.4) is 0 Å². The molecular weight excluding hydrogens is 254 g/mol. The summed E-state index contributed by atoms with van der Waals surface area (Å²) in [7, 11) is 0. The van der Waals surface area contributed by atoms with Gasteiger partial charge in [0.25, 0.3) is 0 Å². The van der Waals surface area contributed by atoms with E-state index >= 15 is 0 Å². The molecule has 2 saturated heterocycles. The molecule has 1 saturated carbocycles. The first kappa shape index (κ1) is 13.6. The van der Waals surface area contributed by atoms with Gasteiger partial charge in [0.2, 0.25) is 5.91 Å². The Hall–Kier alpha value is -0.830. The van der Waals surface area contributed by atoms with Crippen molar-refractivity contribution in [3.8, 4) is 6.07 Å². The van der Waals surface area contributed by atoms with E-state index in [2.05, 4.69) is 11.4 Å². The van der Waals surface area contributed by atoms with Gasteiger partial charge in [0.15, 0.2) is 0 Å². The summed E-state index contributed by atoms with van der Waals surface area (Å²) in [6, 6.07) is 1.87. The Balaban J connectivity index is 0.00000120. The van der Waals surface area contributed by atoms with Crippen LogP contribution in [0.1, 0.15) is 25.7 Å². The molecule has 5 nitrogen and oxygen atoms in total. The lowest BCUT2D eigenvalue weighted by atomic mass is 9.97. The maximum atomic E-state index is 12.3. The second kappa shape index (κ2) is 5.04. The molecule has 1 aliphatic carbocycles. The molecule has 100 valence electrons. The van der Waals surface area contributed by atoms with Crippen LogP contribution >= 0.6 is 12.4 Å². The molecule has 18 heavy (non-hydrogen) atoms. The average molecular weight is 272 g/mol. The standard InChI is InChI=1S/C12H17N3O2.ClH/c13-6-8-2-1-3-15(8)12(17)11-7-4-9(14-11)10(16)5-7;/h7-11,14,16H,1-5H2;1H/t7-,8-,9+,10+,11-;/m0./s1. The van der Waals surface area contributed by atoms with Crippen LogP contribution in [0.25, 0.3) is 0 Å². The molecule has 0 aromatic carbocycles. The molecule has 1 amide bonds. The number of hydrogen-bond acceptors (Lipinski definition) is 4. The summed E-state index contributed by atoms with van der Waals surface area (Å²) >= 11 is 0.